The summed E-state index contributed by atoms with van der Waals surface area (Å²) in [5.41, 5.74) is 8.22. The Kier molecular flexibility index (Phi) is 2.36. The molecule has 0 bridgehead atoms. The average molecular weight is 223 g/mol. The summed E-state index contributed by atoms with van der Waals surface area (Å²) in [6.45, 7) is 3.78. The molecule has 78 valence electrons. The molecule has 2 aromatic heterocycles. The van der Waals surface area contributed by atoms with Crippen LogP contribution in [0, 0.1) is 13.8 Å². The van der Waals surface area contributed by atoms with E-state index in [2.05, 4.69) is 10.1 Å². The molecule has 0 saturated heterocycles. The van der Waals surface area contributed by atoms with Crippen LogP contribution in [-0.4, -0.2) is 14.8 Å². The van der Waals surface area contributed by atoms with Crippen molar-refractivity contribution in [2.45, 2.75) is 13.8 Å². The standard InChI is InChI=1S/C10H11ClN4/c1-6-3-9(12)10(13-4-6)15-5-8(11)7(2)14-15/h3-5H,12H2,1-2H3. The van der Waals surface area contributed by atoms with E-state index in [4.69, 9.17) is 17.3 Å². The zero-order valence-corrected chi connectivity index (χ0v) is 9.28. The van der Waals surface area contributed by atoms with Crippen LogP contribution in [0.2, 0.25) is 5.02 Å². The van der Waals surface area contributed by atoms with Gasteiger partial charge in [0.2, 0.25) is 0 Å². The van der Waals surface area contributed by atoms with Gasteiger partial charge in [0, 0.05) is 6.20 Å². The fourth-order valence-corrected chi connectivity index (χ4v) is 1.45. The van der Waals surface area contributed by atoms with E-state index in [-0.39, 0.29) is 0 Å². The molecule has 2 heterocycles. The number of hydrogen-bond donors (Lipinski definition) is 1. The third-order valence-corrected chi connectivity index (χ3v) is 2.46. The Hall–Kier alpha value is -1.55. The molecule has 2 rings (SSSR count). The van der Waals surface area contributed by atoms with Crippen LogP contribution in [0.15, 0.2) is 18.5 Å². The summed E-state index contributed by atoms with van der Waals surface area (Å²) in [5.74, 6) is 0.607. The summed E-state index contributed by atoms with van der Waals surface area (Å²) < 4.78 is 1.59. The minimum absolute atomic E-state index is 0.592. The highest BCUT2D eigenvalue weighted by Gasteiger charge is 2.07. The smallest absolute Gasteiger partial charge is 0.176 e. The third-order valence-electron chi connectivity index (χ3n) is 2.09. The normalized spacial score (nSPS) is 10.6. The number of nitrogens with two attached hydrogens (primary N) is 1. The van der Waals surface area contributed by atoms with Crippen LogP contribution in [0.5, 0.6) is 0 Å². The molecule has 0 amide bonds. The summed E-state index contributed by atoms with van der Waals surface area (Å²) >= 11 is 5.91. The van der Waals surface area contributed by atoms with E-state index in [9.17, 15) is 0 Å². The van der Waals surface area contributed by atoms with Gasteiger partial charge in [-0.15, -0.1) is 0 Å². The van der Waals surface area contributed by atoms with Gasteiger partial charge in [-0.05, 0) is 25.5 Å². The predicted molar refractivity (Wildman–Crippen MR) is 60.3 cm³/mol. The van der Waals surface area contributed by atoms with E-state index in [1.54, 1.807) is 17.1 Å². The SMILES string of the molecule is Cc1cnc(-n2cc(Cl)c(C)n2)c(N)c1. The molecular weight excluding hydrogens is 212 g/mol. The zero-order chi connectivity index (χ0) is 11.0. The molecule has 0 radical (unpaired) electrons. The van der Waals surface area contributed by atoms with E-state index in [0.717, 1.165) is 11.3 Å². The van der Waals surface area contributed by atoms with Gasteiger partial charge >= 0.3 is 0 Å². The number of anilines is 1. The zero-order valence-electron chi connectivity index (χ0n) is 8.53. The first-order valence-corrected chi connectivity index (χ1v) is 4.90. The minimum Gasteiger partial charge on any atom is -0.396 e. The van der Waals surface area contributed by atoms with Gasteiger partial charge in [-0.25, -0.2) is 9.67 Å². The second-order valence-electron chi connectivity index (χ2n) is 3.43. The number of aryl methyl sites for hydroxylation is 2. The lowest BCUT2D eigenvalue weighted by Gasteiger charge is -2.04. The highest BCUT2D eigenvalue weighted by molar-refractivity contribution is 6.31. The summed E-state index contributed by atoms with van der Waals surface area (Å²) in [5, 5.41) is 4.82. The van der Waals surface area contributed by atoms with Gasteiger partial charge in [0.15, 0.2) is 5.82 Å². The third kappa shape index (κ3) is 1.80. The summed E-state index contributed by atoms with van der Waals surface area (Å²) in [6, 6.07) is 1.85. The van der Waals surface area contributed by atoms with Crippen LogP contribution < -0.4 is 5.73 Å². The molecule has 0 aliphatic carbocycles. The Morgan fingerprint density at radius 2 is 2.13 bits per heavy atom. The summed E-state index contributed by atoms with van der Waals surface area (Å²) in [7, 11) is 0. The number of rotatable bonds is 1. The molecule has 2 N–H and O–H groups in total. The van der Waals surface area contributed by atoms with Gasteiger partial charge in [-0.1, -0.05) is 11.6 Å². The molecule has 0 atom stereocenters. The van der Waals surface area contributed by atoms with Crippen molar-refractivity contribution in [2.75, 3.05) is 5.73 Å². The van der Waals surface area contributed by atoms with Crippen LogP contribution in [0.25, 0.3) is 5.82 Å². The lowest BCUT2D eigenvalue weighted by molar-refractivity contribution is 0.834. The van der Waals surface area contributed by atoms with E-state index in [1.165, 1.54) is 0 Å². The van der Waals surface area contributed by atoms with E-state index >= 15 is 0 Å². The van der Waals surface area contributed by atoms with Crippen molar-refractivity contribution in [3.05, 3.63) is 34.7 Å². The van der Waals surface area contributed by atoms with Crippen molar-refractivity contribution in [1.29, 1.82) is 0 Å². The first-order chi connectivity index (χ1) is 7.08. The number of nitrogens with zero attached hydrogens (tertiary/aromatic N) is 3. The largest absolute Gasteiger partial charge is 0.396 e. The minimum atomic E-state index is 0.592. The number of hydrogen-bond acceptors (Lipinski definition) is 3. The molecule has 5 heteroatoms. The number of pyridine rings is 1. The molecule has 0 aliphatic rings. The maximum atomic E-state index is 5.91. The second-order valence-corrected chi connectivity index (χ2v) is 3.84. The number of halogens is 1. The van der Waals surface area contributed by atoms with Crippen LogP contribution in [0.4, 0.5) is 5.69 Å². The average Bonchev–Trinajstić information content (AvgIpc) is 2.46. The molecule has 0 aromatic carbocycles. The van der Waals surface area contributed by atoms with Crippen molar-refractivity contribution in [1.82, 2.24) is 14.8 Å². The quantitative estimate of drug-likeness (QED) is 0.804. The van der Waals surface area contributed by atoms with Gasteiger partial charge in [-0.3, -0.25) is 0 Å². The van der Waals surface area contributed by atoms with Crippen molar-refractivity contribution in [3.8, 4) is 5.82 Å². The van der Waals surface area contributed by atoms with Crippen molar-refractivity contribution in [2.24, 2.45) is 0 Å². The van der Waals surface area contributed by atoms with Crippen molar-refractivity contribution < 1.29 is 0 Å². The molecule has 0 unspecified atom stereocenters. The number of aromatic nitrogens is 3. The Bertz CT molecular complexity index is 485. The first kappa shape index (κ1) is 9.98. The maximum absolute atomic E-state index is 5.91. The molecule has 15 heavy (non-hydrogen) atoms. The maximum Gasteiger partial charge on any atom is 0.176 e. The Balaban J connectivity index is 2.54. The van der Waals surface area contributed by atoms with E-state index in [1.807, 2.05) is 19.9 Å². The van der Waals surface area contributed by atoms with Crippen molar-refractivity contribution in [3.63, 3.8) is 0 Å². The molecule has 0 aliphatic heterocycles. The monoisotopic (exact) mass is 222 g/mol. The fraction of sp³-hybridized carbons (Fsp3) is 0.200. The predicted octanol–water partition coefficient (Wildman–Crippen LogP) is 2.12. The van der Waals surface area contributed by atoms with E-state index < -0.39 is 0 Å². The van der Waals surface area contributed by atoms with Crippen LogP contribution in [0.1, 0.15) is 11.3 Å². The molecular formula is C10H11ClN4. The molecule has 0 fully saturated rings. The van der Waals surface area contributed by atoms with Gasteiger partial charge in [0.05, 0.1) is 22.6 Å². The second kappa shape index (κ2) is 3.55. The van der Waals surface area contributed by atoms with Crippen molar-refractivity contribution >= 4 is 17.3 Å². The lowest BCUT2D eigenvalue weighted by Crippen LogP contribution is -2.03. The van der Waals surface area contributed by atoms with Gasteiger partial charge in [-0.2, -0.15) is 5.10 Å². The topological polar surface area (TPSA) is 56.7 Å². The Morgan fingerprint density at radius 3 is 2.67 bits per heavy atom. The number of nitrogen functional groups attached to an aromatic ring is 1. The molecule has 0 saturated carbocycles. The van der Waals surface area contributed by atoms with Crippen LogP contribution >= 0.6 is 11.6 Å². The lowest BCUT2D eigenvalue weighted by atomic mass is 10.3. The van der Waals surface area contributed by atoms with Gasteiger partial charge in [0.1, 0.15) is 0 Å². The summed E-state index contributed by atoms with van der Waals surface area (Å²) in [4.78, 5) is 4.22. The highest BCUT2D eigenvalue weighted by atomic mass is 35.5. The first-order valence-electron chi connectivity index (χ1n) is 4.52. The van der Waals surface area contributed by atoms with Crippen LogP contribution in [-0.2, 0) is 0 Å². The van der Waals surface area contributed by atoms with Gasteiger partial charge in [0.25, 0.3) is 0 Å². The molecule has 2 aromatic rings. The fourth-order valence-electron chi connectivity index (χ4n) is 1.32. The molecule has 4 nitrogen and oxygen atoms in total. The van der Waals surface area contributed by atoms with Crippen LogP contribution in [0.3, 0.4) is 0 Å². The molecule has 0 spiro atoms. The Morgan fingerprint density at radius 1 is 1.40 bits per heavy atom. The summed E-state index contributed by atoms with van der Waals surface area (Å²) in [6.07, 6.45) is 3.45. The Labute approximate surface area is 92.7 Å². The highest BCUT2D eigenvalue weighted by Crippen LogP contribution is 2.19. The van der Waals surface area contributed by atoms with Gasteiger partial charge < -0.3 is 5.73 Å². The van der Waals surface area contributed by atoms with E-state index in [0.29, 0.717) is 16.5 Å².